The molecule has 4 aliphatic carbocycles. The van der Waals surface area contributed by atoms with Crippen LogP contribution >= 0.6 is 0 Å². The third-order valence-electron chi connectivity index (χ3n) is 30.3. The van der Waals surface area contributed by atoms with E-state index in [1.807, 2.05) is 43.5 Å². The number of likely N-dealkylation sites (tertiary alicyclic amines) is 1. The maximum atomic E-state index is 13.9. The number of hydrogen-bond acceptors (Lipinski definition) is 4. The van der Waals surface area contributed by atoms with Crippen LogP contribution in [0.4, 0.5) is 0 Å². The van der Waals surface area contributed by atoms with Crippen molar-refractivity contribution in [2.24, 2.45) is 5.10 Å². The Morgan fingerprint density at radius 2 is 0.758 bits per heavy atom. The molecule has 5 aliphatic rings. The first-order valence-corrected chi connectivity index (χ1v) is 33.9. The summed E-state index contributed by atoms with van der Waals surface area (Å²) >= 11 is 0. The van der Waals surface area contributed by atoms with Gasteiger partial charge in [0, 0.05) is 11.1 Å². The van der Waals surface area contributed by atoms with Crippen LogP contribution in [0.1, 0.15) is 55.6 Å². The first kappa shape index (κ1) is 41.6. The lowest BCUT2D eigenvalue weighted by Crippen LogP contribution is -3.00. The number of aryl methyl sites for hydroxylation is 1. The van der Waals surface area contributed by atoms with Gasteiger partial charge < -0.3 is 28.5 Å². The van der Waals surface area contributed by atoms with E-state index in [4.69, 9.17) is 4.98 Å². The Morgan fingerprint density at radius 3 is 1.11 bits per heavy atom. The molecule has 95 heavy (non-hydrogen) atoms. The van der Waals surface area contributed by atoms with E-state index < -0.39 is 5.41 Å². The number of fused-ring (bicyclic) bond motifs is 1. The zero-order valence-corrected chi connectivity index (χ0v) is 51.9. The predicted octanol–water partition coefficient (Wildman–Crippen LogP) is 16.9. The Hall–Kier alpha value is -10.9. The first-order valence-electron chi connectivity index (χ1n) is 33.9. The first-order chi connectivity index (χ1) is 46.3. The van der Waals surface area contributed by atoms with Crippen LogP contribution in [0.25, 0.3) is 307 Å². The van der Waals surface area contributed by atoms with Crippen LogP contribution in [-0.4, -0.2) is 46.8 Å². The molecule has 2 heterocycles. The van der Waals surface area contributed by atoms with Gasteiger partial charge in [-0.3, -0.25) is 14.2 Å². The average Bonchev–Trinajstić information content (AvgIpc) is 1.38. The summed E-state index contributed by atoms with van der Waals surface area (Å²) in [7, 11) is 5.29. The molecule has 0 bridgehead atoms. The number of halogens is 1. The lowest BCUT2D eigenvalue weighted by Gasteiger charge is -2.49. The molecule has 418 valence electrons. The largest absolute Gasteiger partial charge is 1.00 e. The number of likely N-dealkylation sites (N-methyl/N-ethyl adjacent to an activating group) is 1. The number of benzene rings is 21. The lowest BCUT2D eigenvalue weighted by molar-refractivity contribution is -0.911. The van der Waals surface area contributed by atoms with Crippen LogP contribution in [0.5, 0.6) is 0 Å². The third-order valence-corrected chi connectivity index (χ3v) is 30.3. The molecule has 1 aromatic heterocycles. The zero-order valence-electron chi connectivity index (χ0n) is 49.8. The summed E-state index contributed by atoms with van der Waals surface area (Å²) < 4.78 is 2.46. The summed E-state index contributed by atoms with van der Waals surface area (Å²) in [4.78, 5) is 32.3. The van der Waals surface area contributed by atoms with Gasteiger partial charge >= 0.3 is 0 Å². The van der Waals surface area contributed by atoms with E-state index in [-0.39, 0.29) is 46.9 Å². The second-order valence-electron chi connectivity index (χ2n) is 32.5. The summed E-state index contributed by atoms with van der Waals surface area (Å²) in [6.07, 6.45) is 1.81. The highest BCUT2D eigenvalue weighted by molar-refractivity contribution is 6.82. The second kappa shape index (κ2) is 10.5. The fourth-order valence-electron chi connectivity index (χ4n) is 29.4. The summed E-state index contributed by atoms with van der Waals surface area (Å²) in [6, 6.07) is 24.1. The number of hydrogen-bond donors (Lipinski definition) is 1. The Bertz CT molecular complexity index is 8960. The van der Waals surface area contributed by atoms with Crippen molar-refractivity contribution >= 4 is 314 Å². The lowest BCUT2D eigenvalue weighted by atomic mass is 9.47. The molecular weight excluding hydrogens is 1270 g/mol. The fraction of sp³-hybridized carbons (Fsp3) is 0.0805. The van der Waals surface area contributed by atoms with Crippen molar-refractivity contribution in [3.05, 3.63) is 128 Å². The number of carbonyl (C=O) groups is 1. The predicted molar refractivity (Wildman–Crippen MR) is 387 cm³/mol. The molecule has 2 spiro atoms. The van der Waals surface area contributed by atoms with E-state index >= 15 is 0 Å². The minimum atomic E-state index is -0.446. The number of aromatic nitrogens is 2. The van der Waals surface area contributed by atoms with Gasteiger partial charge in [-0.25, -0.2) is 10.4 Å². The highest BCUT2D eigenvalue weighted by Gasteiger charge is 2.80. The molecule has 1 fully saturated rings. The minimum absolute atomic E-state index is 0. The van der Waals surface area contributed by atoms with E-state index in [2.05, 4.69) is 48.9 Å². The van der Waals surface area contributed by atoms with Gasteiger partial charge in [0.2, 0.25) is 0 Å². The maximum absolute atomic E-state index is 13.9. The highest BCUT2D eigenvalue weighted by Crippen LogP contribution is 2.87. The summed E-state index contributed by atoms with van der Waals surface area (Å²) in [5, 5.41) is 93.1. The van der Waals surface area contributed by atoms with E-state index in [1.54, 1.807) is 336 Å². The van der Waals surface area contributed by atoms with E-state index in [1.165, 1.54) is 5.56 Å². The van der Waals surface area contributed by atoms with Crippen LogP contribution in [0.15, 0.2) is 82.7 Å². The number of quaternary nitrogens is 1. The molecule has 1 unspecified atom stereocenters. The number of nitrogens with one attached hydrogen (secondary N) is 1. The highest BCUT2D eigenvalue weighted by atomic mass is 127. The number of carbonyl (C=O) groups excluding carboxylic acids is 1. The van der Waals surface area contributed by atoms with Gasteiger partial charge in [-0.1, -0.05) is 36.4 Å². The van der Waals surface area contributed by atoms with Gasteiger partial charge in [0.05, 0.1) is 54.3 Å². The SMILES string of the molecule is Cc1nc2ccccc2c(=O)n1-c1ccc(C(=O)N/N=C/c2ccc(C3C45c6c7c8c9c%10c%11c(c%12c%13c4c4c6c6c%14c7c7c8c8c%10c%10c%15c%11c%11c%12c%12c%13c%13c4c4c6c6c%14c%14c7c7c8c%10c8c%10c%15c%11c%11c%12c%12c%13c4c4c6c6c%14c7c8c7c%10c%11c%12c4c67)C95C[N+]3(C)C)cc2)cc1.[I-]. The quantitative estimate of drug-likeness (QED) is 0.0613. The maximum Gasteiger partial charge on any atom is 0.271 e. The van der Waals surface area contributed by atoms with Crippen molar-refractivity contribution in [1.82, 2.24) is 15.0 Å². The van der Waals surface area contributed by atoms with Gasteiger partial charge in [-0.15, -0.1) is 0 Å². The molecular formula is C87H26IN5O2. The van der Waals surface area contributed by atoms with Gasteiger partial charge in [0.25, 0.3) is 11.5 Å². The number of hydrazone groups is 1. The molecule has 0 radical (unpaired) electrons. The van der Waals surface area contributed by atoms with Crippen molar-refractivity contribution in [2.45, 2.75) is 23.8 Å². The Balaban J connectivity index is 0.00000462. The van der Waals surface area contributed by atoms with Crippen molar-refractivity contribution < 1.29 is 33.3 Å². The van der Waals surface area contributed by atoms with Crippen LogP contribution in [0.3, 0.4) is 0 Å². The van der Waals surface area contributed by atoms with E-state index in [0.29, 0.717) is 28.0 Å². The minimum Gasteiger partial charge on any atom is -1.00 e. The Kier molecular flexibility index (Phi) is 4.59. The van der Waals surface area contributed by atoms with Gasteiger partial charge in [0.15, 0.2) is 0 Å². The zero-order chi connectivity index (χ0) is 58.4. The normalized spacial score (nSPS) is 21.0. The van der Waals surface area contributed by atoms with Crippen molar-refractivity contribution in [3.63, 3.8) is 0 Å². The van der Waals surface area contributed by atoms with Gasteiger partial charge in [0.1, 0.15) is 11.9 Å². The van der Waals surface area contributed by atoms with Crippen molar-refractivity contribution in [3.8, 4) is 5.69 Å². The number of rotatable bonds is 5. The summed E-state index contributed by atoms with van der Waals surface area (Å²) in [5.41, 5.74) is 12.9. The molecule has 1 aliphatic heterocycles. The Labute approximate surface area is 541 Å². The summed E-state index contributed by atoms with van der Waals surface area (Å²) in [5.74, 6) is 0.272. The molecule has 0 saturated carbocycles. The fourth-order valence-corrected chi connectivity index (χ4v) is 29.4. The van der Waals surface area contributed by atoms with Crippen LogP contribution in [-0.2, 0) is 10.8 Å². The Morgan fingerprint density at radius 1 is 0.442 bits per heavy atom. The topological polar surface area (TPSA) is 76.3 Å². The van der Waals surface area contributed by atoms with Crippen LogP contribution < -0.4 is 35.0 Å². The number of amides is 1. The third kappa shape index (κ3) is 2.76. The molecule has 1 N–H and O–H groups in total. The number of nitrogens with zero attached hydrogens (tertiary/aromatic N) is 4. The molecule has 1 atom stereocenters. The smallest absolute Gasteiger partial charge is 0.271 e. The molecule has 1 saturated heterocycles. The monoisotopic (exact) mass is 1300 g/mol. The molecule has 8 heteroatoms. The van der Waals surface area contributed by atoms with Crippen LogP contribution in [0, 0.1) is 6.92 Å². The summed E-state index contributed by atoms with van der Waals surface area (Å²) in [6.45, 7) is 2.85. The van der Waals surface area contributed by atoms with E-state index in [9.17, 15) is 9.59 Å². The number of para-hydroxylation sites is 1. The van der Waals surface area contributed by atoms with Gasteiger partial charge in [-0.2, -0.15) is 5.10 Å². The second-order valence-corrected chi connectivity index (χ2v) is 32.5. The molecule has 7 nitrogen and oxygen atoms in total. The van der Waals surface area contributed by atoms with Crippen LogP contribution in [0.2, 0.25) is 0 Å². The van der Waals surface area contributed by atoms with E-state index in [0.717, 1.165) is 16.6 Å². The molecule has 1 amide bonds. The van der Waals surface area contributed by atoms with Crippen molar-refractivity contribution in [2.75, 3.05) is 20.6 Å². The molecule has 31 aromatic carbocycles. The average molecular weight is 1300 g/mol. The van der Waals surface area contributed by atoms with Crippen molar-refractivity contribution in [1.29, 1.82) is 0 Å². The van der Waals surface area contributed by atoms with Gasteiger partial charge in [-0.05, 0) is 362 Å². The standard InChI is InChI=1S/C87H25N5O2.HI/c1-18-89-24-7-5-4-6-23(24)85(94)91(18)22-14-12-21(13-15-22)84(93)90-88-16-19-8-10-20(11-9-19)83-87-81-75-69-59-47-39-31-27-25-26-29-33(31)41(47)51-45-37(29)38-30(26)34-32-28(25)36-35(27)43-49(39)57-63-53(43)54-44(36)50-40(32)48-42(34)52-46(38)56-55(45)67(61(51)69)77(81)78-68(56)62(52)70-60(48)66-58(50)64(54)72-71(63)79(73(75)65(57)59)86(87,17-92(83,2)3)80(72)74(66)76(70)82(78)87;/h4-16,83H,17H2,1-3H3;1H/b88-16+;. The molecule has 37 rings (SSSR count). The molecule has 32 aromatic rings.